The number of hydrogen-bond acceptors (Lipinski definition) is 2. The van der Waals surface area contributed by atoms with Crippen molar-refractivity contribution in [3.05, 3.63) is 54.6 Å². The molecule has 0 saturated carbocycles. The van der Waals surface area contributed by atoms with Crippen LogP contribution in [-0.4, -0.2) is 13.2 Å². The largest absolute Gasteiger partial charge is 0.453 e. The van der Waals surface area contributed by atoms with Gasteiger partial charge in [0.2, 0.25) is 0 Å². The maximum atomic E-state index is 11.1. The molecule has 2 aromatic rings. The summed E-state index contributed by atoms with van der Waals surface area (Å²) >= 11 is 0. The lowest BCUT2D eigenvalue weighted by molar-refractivity contribution is 0.187. The summed E-state index contributed by atoms with van der Waals surface area (Å²) in [5, 5.41) is 2.63. The van der Waals surface area contributed by atoms with Gasteiger partial charge in [-0.05, 0) is 29.3 Å². The zero-order valence-electron chi connectivity index (χ0n) is 9.44. The fraction of sp³-hybridized carbons (Fsp3) is 0.0714. The van der Waals surface area contributed by atoms with Gasteiger partial charge in [0.05, 0.1) is 7.11 Å². The number of ether oxygens (including phenoxy) is 1. The molecule has 85 valence electrons. The van der Waals surface area contributed by atoms with Gasteiger partial charge in [-0.2, -0.15) is 0 Å². The van der Waals surface area contributed by atoms with Gasteiger partial charge >= 0.3 is 6.09 Å². The third-order valence-corrected chi connectivity index (χ3v) is 2.35. The molecule has 0 aromatic heterocycles. The minimum atomic E-state index is -0.469. The minimum absolute atomic E-state index is 0.469. The van der Waals surface area contributed by atoms with Crippen LogP contribution < -0.4 is 5.32 Å². The number of benzene rings is 2. The van der Waals surface area contributed by atoms with Crippen molar-refractivity contribution in [3.8, 4) is 11.1 Å². The van der Waals surface area contributed by atoms with Gasteiger partial charge in [-0.25, -0.2) is 4.79 Å². The molecular formula is C14H12NO2. The Morgan fingerprint density at radius 2 is 1.94 bits per heavy atom. The first-order valence-corrected chi connectivity index (χ1v) is 5.21. The van der Waals surface area contributed by atoms with Crippen molar-refractivity contribution in [2.45, 2.75) is 0 Å². The Kier molecular flexibility index (Phi) is 3.40. The Balaban J connectivity index is 2.26. The summed E-state index contributed by atoms with van der Waals surface area (Å²) in [6, 6.07) is 18.2. The molecule has 0 aliphatic heterocycles. The Hall–Kier alpha value is -2.29. The average molecular weight is 226 g/mol. The quantitative estimate of drug-likeness (QED) is 0.852. The molecule has 3 nitrogen and oxygen atoms in total. The maximum Gasteiger partial charge on any atom is 0.411 e. The molecular weight excluding hydrogens is 214 g/mol. The molecule has 2 aromatic carbocycles. The van der Waals surface area contributed by atoms with E-state index in [2.05, 4.69) is 16.1 Å². The highest BCUT2D eigenvalue weighted by molar-refractivity contribution is 5.85. The number of hydrogen-bond donors (Lipinski definition) is 1. The van der Waals surface area contributed by atoms with Crippen molar-refractivity contribution in [3.63, 3.8) is 0 Å². The zero-order valence-corrected chi connectivity index (χ0v) is 9.44. The van der Waals surface area contributed by atoms with Crippen LogP contribution in [0.2, 0.25) is 0 Å². The van der Waals surface area contributed by atoms with Gasteiger partial charge in [0.1, 0.15) is 0 Å². The second-order valence-electron chi connectivity index (χ2n) is 3.49. The first-order valence-electron chi connectivity index (χ1n) is 5.21. The van der Waals surface area contributed by atoms with Crippen LogP contribution in [-0.2, 0) is 4.74 Å². The van der Waals surface area contributed by atoms with Gasteiger partial charge < -0.3 is 4.74 Å². The van der Waals surface area contributed by atoms with Crippen LogP contribution in [0.1, 0.15) is 0 Å². The SMILES string of the molecule is COC(=O)Nc1cccc(-c2cc[c]cc2)c1. The molecule has 0 saturated heterocycles. The van der Waals surface area contributed by atoms with Gasteiger partial charge in [0, 0.05) is 5.69 Å². The molecule has 1 radical (unpaired) electrons. The Labute approximate surface area is 100 Å². The van der Waals surface area contributed by atoms with Gasteiger partial charge in [-0.3, -0.25) is 5.32 Å². The Morgan fingerprint density at radius 1 is 1.18 bits per heavy atom. The molecule has 1 amide bonds. The normalized spacial score (nSPS) is 9.71. The summed E-state index contributed by atoms with van der Waals surface area (Å²) in [6.45, 7) is 0. The lowest BCUT2D eigenvalue weighted by Gasteiger charge is -2.06. The van der Waals surface area contributed by atoms with Crippen LogP contribution in [0.15, 0.2) is 48.5 Å². The number of carbonyl (C=O) groups is 1. The maximum absolute atomic E-state index is 11.1. The van der Waals surface area contributed by atoms with E-state index >= 15 is 0 Å². The highest BCUT2D eigenvalue weighted by Gasteiger charge is 2.02. The molecule has 0 aliphatic carbocycles. The Morgan fingerprint density at radius 3 is 2.65 bits per heavy atom. The van der Waals surface area contributed by atoms with Crippen molar-refractivity contribution < 1.29 is 9.53 Å². The average Bonchev–Trinajstić information content (AvgIpc) is 2.40. The number of methoxy groups -OCH3 is 1. The van der Waals surface area contributed by atoms with Crippen LogP contribution in [0.4, 0.5) is 10.5 Å². The second-order valence-corrected chi connectivity index (χ2v) is 3.49. The van der Waals surface area contributed by atoms with E-state index in [-0.39, 0.29) is 0 Å². The van der Waals surface area contributed by atoms with E-state index in [1.807, 2.05) is 48.5 Å². The predicted molar refractivity (Wildman–Crippen MR) is 66.7 cm³/mol. The number of rotatable bonds is 2. The topological polar surface area (TPSA) is 38.3 Å². The monoisotopic (exact) mass is 226 g/mol. The highest BCUT2D eigenvalue weighted by Crippen LogP contribution is 2.22. The van der Waals surface area contributed by atoms with Crippen LogP contribution in [0.3, 0.4) is 0 Å². The summed E-state index contributed by atoms with van der Waals surface area (Å²) in [5.74, 6) is 0. The molecule has 0 aliphatic rings. The lowest BCUT2D eigenvalue weighted by Crippen LogP contribution is -2.10. The molecule has 0 bridgehead atoms. The fourth-order valence-electron chi connectivity index (χ4n) is 1.52. The van der Waals surface area contributed by atoms with Gasteiger partial charge in [0.15, 0.2) is 0 Å². The van der Waals surface area contributed by atoms with Crippen molar-refractivity contribution in [2.75, 3.05) is 12.4 Å². The van der Waals surface area contributed by atoms with Crippen molar-refractivity contribution in [1.29, 1.82) is 0 Å². The fourth-order valence-corrected chi connectivity index (χ4v) is 1.52. The van der Waals surface area contributed by atoms with Crippen molar-refractivity contribution >= 4 is 11.8 Å². The van der Waals surface area contributed by atoms with Crippen LogP contribution in [0.5, 0.6) is 0 Å². The molecule has 2 rings (SSSR count). The molecule has 0 heterocycles. The number of anilines is 1. The van der Waals surface area contributed by atoms with Gasteiger partial charge in [0.25, 0.3) is 0 Å². The van der Waals surface area contributed by atoms with E-state index in [0.717, 1.165) is 11.1 Å². The summed E-state index contributed by atoms with van der Waals surface area (Å²) in [7, 11) is 1.34. The minimum Gasteiger partial charge on any atom is -0.453 e. The highest BCUT2D eigenvalue weighted by atomic mass is 16.5. The summed E-state index contributed by atoms with van der Waals surface area (Å²) in [5.41, 5.74) is 2.83. The Bertz CT molecular complexity index is 509. The summed E-state index contributed by atoms with van der Waals surface area (Å²) in [4.78, 5) is 11.1. The zero-order chi connectivity index (χ0) is 12.1. The van der Waals surface area contributed by atoms with E-state index in [0.29, 0.717) is 5.69 Å². The van der Waals surface area contributed by atoms with Crippen LogP contribution >= 0.6 is 0 Å². The van der Waals surface area contributed by atoms with E-state index in [1.165, 1.54) is 7.11 Å². The summed E-state index contributed by atoms with van der Waals surface area (Å²) < 4.78 is 4.54. The molecule has 17 heavy (non-hydrogen) atoms. The number of amides is 1. The lowest BCUT2D eigenvalue weighted by atomic mass is 10.1. The van der Waals surface area contributed by atoms with E-state index < -0.39 is 6.09 Å². The molecule has 0 unspecified atom stereocenters. The molecule has 0 atom stereocenters. The second kappa shape index (κ2) is 5.16. The first-order chi connectivity index (χ1) is 8.29. The molecule has 1 N–H and O–H groups in total. The molecule has 0 fully saturated rings. The third kappa shape index (κ3) is 2.84. The van der Waals surface area contributed by atoms with E-state index in [4.69, 9.17) is 0 Å². The van der Waals surface area contributed by atoms with E-state index in [9.17, 15) is 4.79 Å². The van der Waals surface area contributed by atoms with Gasteiger partial charge in [-0.1, -0.05) is 36.4 Å². The first kappa shape index (κ1) is 11.2. The van der Waals surface area contributed by atoms with E-state index in [1.54, 1.807) is 0 Å². The number of nitrogens with one attached hydrogen (secondary N) is 1. The third-order valence-electron chi connectivity index (χ3n) is 2.35. The van der Waals surface area contributed by atoms with Crippen molar-refractivity contribution in [2.24, 2.45) is 0 Å². The molecule has 3 heteroatoms. The van der Waals surface area contributed by atoms with Crippen LogP contribution in [0, 0.1) is 6.07 Å². The smallest absolute Gasteiger partial charge is 0.411 e. The molecule has 0 spiro atoms. The predicted octanol–water partition coefficient (Wildman–Crippen LogP) is 3.33. The van der Waals surface area contributed by atoms with Crippen molar-refractivity contribution in [1.82, 2.24) is 0 Å². The van der Waals surface area contributed by atoms with Gasteiger partial charge in [-0.15, -0.1) is 0 Å². The summed E-state index contributed by atoms with van der Waals surface area (Å²) in [6.07, 6.45) is -0.469. The number of carbonyl (C=O) groups excluding carboxylic acids is 1. The standard InChI is InChI=1S/C14H12NO2/c1-17-14(16)15-13-9-5-8-12(10-13)11-6-3-2-4-7-11/h3-10H,1H3,(H,15,16). The van der Waals surface area contributed by atoms with Crippen LogP contribution in [0.25, 0.3) is 11.1 Å².